The Kier molecular flexibility index (Phi) is 6.60. The molecule has 0 radical (unpaired) electrons. The molecule has 0 amide bonds. The maximum absolute atomic E-state index is 13.5. The number of hydrogen-bond acceptors (Lipinski definition) is 5. The van der Waals surface area contributed by atoms with Crippen LogP contribution in [0.2, 0.25) is 0 Å². The molecule has 8 nitrogen and oxygen atoms in total. The van der Waals surface area contributed by atoms with Gasteiger partial charge in [-0.2, -0.15) is 0 Å². The number of aromatic amines is 2. The van der Waals surface area contributed by atoms with Crippen molar-refractivity contribution in [1.82, 2.24) is 29.7 Å². The van der Waals surface area contributed by atoms with Crippen molar-refractivity contribution in [3.05, 3.63) is 71.5 Å². The first-order chi connectivity index (χ1) is 15.9. The Bertz CT molecular complexity index is 1190. The smallest absolute Gasteiger partial charge is 0.131 e. The number of allylic oxidation sites excluding steroid dienone is 1. The molecule has 33 heavy (non-hydrogen) atoms. The molecule has 0 spiro atoms. The minimum Gasteiger partial charge on any atom is -0.355 e. The Balaban J connectivity index is 1.59. The molecule has 3 aromatic rings. The van der Waals surface area contributed by atoms with E-state index in [9.17, 15) is 4.39 Å². The van der Waals surface area contributed by atoms with Crippen LogP contribution in [-0.4, -0.2) is 74.5 Å². The van der Waals surface area contributed by atoms with Crippen LogP contribution in [0.3, 0.4) is 0 Å². The Hall–Kier alpha value is -3.85. The van der Waals surface area contributed by atoms with E-state index in [1.165, 1.54) is 12.1 Å². The molecule has 170 valence electrons. The van der Waals surface area contributed by atoms with E-state index in [4.69, 9.17) is 10.8 Å². The van der Waals surface area contributed by atoms with Gasteiger partial charge in [0.1, 0.15) is 23.3 Å². The predicted molar refractivity (Wildman–Crippen MR) is 129 cm³/mol. The average molecular weight is 447 g/mol. The summed E-state index contributed by atoms with van der Waals surface area (Å²) in [6.45, 7) is 5.38. The number of nitrogens with zero attached hydrogens (tertiary/aromatic N) is 4. The van der Waals surface area contributed by atoms with Crippen molar-refractivity contribution in [3.8, 4) is 11.3 Å². The van der Waals surface area contributed by atoms with Crippen molar-refractivity contribution in [2.45, 2.75) is 6.92 Å². The highest BCUT2D eigenvalue weighted by atomic mass is 19.1. The first kappa shape index (κ1) is 22.3. The largest absolute Gasteiger partial charge is 0.355 e. The van der Waals surface area contributed by atoms with Crippen LogP contribution >= 0.6 is 0 Å². The molecule has 1 aliphatic rings. The lowest BCUT2D eigenvalue weighted by atomic mass is 10.1. The van der Waals surface area contributed by atoms with E-state index in [0.717, 1.165) is 31.9 Å². The summed E-state index contributed by atoms with van der Waals surface area (Å²) in [6.07, 6.45) is 8.54. The topological polar surface area (TPSA) is 112 Å². The highest BCUT2D eigenvalue weighted by Crippen LogP contribution is 2.23. The molecule has 0 saturated carbocycles. The van der Waals surface area contributed by atoms with Gasteiger partial charge in [-0.25, -0.2) is 14.4 Å². The van der Waals surface area contributed by atoms with Gasteiger partial charge in [0.25, 0.3) is 0 Å². The number of aromatic nitrogens is 4. The van der Waals surface area contributed by atoms with Crippen molar-refractivity contribution in [2.24, 2.45) is 0 Å². The summed E-state index contributed by atoms with van der Waals surface area (Å²) in [6, 6.07) is 6.03. The molecule has 9 heteroatoms. The van der Waals surface area contributed by atoms with Gasteiger partial charge >= 0.3 is 0 Å². The Morgan fingerprint density at radius 2 is 1.70 bits per heavy atom. The molecule has 0 unspecified atom stereocenters. The summed E-state index contributed by atoms with van der Waals surface area (Å²) in [4.78, 5) is 19.4. The number of piperazine rings is 1. The van der Waals surface area contributed by atoms with Crippen molar-refractivity contribution in [2.75, 3.05) is 33.2 Å². The number of rotatable bonds is 6. The van der Waals surface area contributed by atoms with Gasteiger partial charge in [-0.3, -0.25) is 10.8 Å². The normalized spacial score (nSPS) is 15.1. The van der Waals surface area contributed by atoms with Gasteiger partial charge in [0.15, 0.2) is 0 Å². The van der Waals surface area contributed by atoms with Gasteiger partial charge in [-0.05, 0) is 62.5 Å². The fraction of sp³-hybridized carbons (Fsp3) is 0.250. The molecule has 1 saturated heterocycles. The number of benzene rings is 1. The highest BCUT2D eigenvalue weighted by Gasteiger charge is 2.16. The fourth-order valence-corrected chi connectivity index (χ4v) is 3.56. The zero-order chi connectivity index (χ0) is 23.4. The first-order valence-corrected chi connectivity index (χ1v) is 10.7. The molecule has 0 bridgehead atoms. The van der Waals surface area contributed by atoms with E-state index in [2.05, 4.69) is 31.9 Å². The number of aryl methyl sites for hydroxylation is 1. The van der Waals surface area contributed by atoms with E-state index in [-0.39, 0.29) is 11.5 Å². The van der Waals surface area contributed by atoms with Crippen LogP contribution in [0.25, 0.3) is 23.4 Å². The highest BCUT2D eigenvalue weighted by molar-refractivity contribution is 6.11. The molecule has 4 N–H and O–H groups in total. The third-order valence-electron chi connectivity index (χ3n) is 5.48. The molecule has 0 atom stereocenters. The van der Waals surface area contributed by atoms with E-state index in [1.807, 2.05) is 11.8 Å². The Labute approximate surface area is 191 Å². The summed E-state index contributed by atoms with van der Waals surface area (Å²) >= 11 is 0. The SMILES string of the molecule is Cc1cnc(/C=C\C(=N)c2[nH]c(/C=C\C(=N)N3CCN(C)CC3)nc2-c2ccc(F)cc2)[nH]1. The van der Waals surface area contributed by atoms with Crippen LogP contribution in [0, 0.1) is 23.6 Å². The minimum absolute atomic E-state index is 0.213. The van der Waals surface area contributed by atoms with Crippen LogP contribution in [0.5, 0.6) is 0 Å². The number of hydrogen-bond donors (Lipinski definition) is 4. The fourth-order valence-electron chi connectivity index (χ4n) is 3.56. The van der Waals surface area contributed by atoms with Crippen LogP contribution in [0.1, 0.15) is 23.0 Å². The lowest BCUT2D eigenvalue weighted by Gasteiger charge is -2.33. The zero-order valence-electron chi connectivity index (χ0n) is 18.7. The number of imidazole rings is 2. The van der Waals surface area contributed by atoms with Gasteiger partial charge in [0.05, 0.1) is 17.1 Å². The summed E-state index contributed by atoms with van der Waals surface area (Å²) in [7, 11) is 2.08. The lowest BCUT2D eigenvalue weighted by molar-refractivity contribution is 0.215. The first-order valence-electron chi connectivity index (χ1n) is 10.7. The van der Waals surface area contributed by atoms with E-state index in [0.29, 0.717) is 34.4 Å². The molecule has 1 fully saturated rings. The van der Waals surface area contributed by atoms with E-state index >= 15 is 0 Å². The summed E-state index contributed by atoms with van der Waals surface area (Å²) < 4.78 is 13.5. The van der Waals surface area contributed by atoms with Crippen LogP contribution in [0.15, 0.2) is 42.6 Å². The second-order valence-corrected chi connectivity index (χ2v) is 8.06. The average Bonchev–Trinajstić information content (AvgIpc) is 3.43. The standard InChI is InChI=1S/C24H27FN8/c1-16-15-28-21(29-16)9-7-19(26)24-23(17-3-5-18(25)6-4-17)30-22(31-24)10-8-20(27)33-13-11-32(2)12-14-33/h3-10,15,26-27H,11-14H2,1-2H3,(H,28,29)(H,30,31)/b9-7-,10-8-,26-19?,27-20?. The van der Waals surface area contributed by atoms with Crippen LogP contribution < -0.4 is 0 Å². The molecular formula is C24H27FN8. The van der Waals surface area contributed by atoms with Crippen molar-refractivity contribution in [1.29, 1.82) is 10.8 Å². The maximum atomic E-state index is 13.5. The lowest BCUT2D eigenvalue weighted by Crippen LogP contribution is -2.46. The van der Waals surface area contributed by atoms with Crippen molar-refractivity contribution < 1.29 is 4.39 Å². The van der Waals surface area contributed by atoms with Crippen LogP contribution in [0.4, 0.5) is 4.39 Å². The second kappa shape index (κ2) is 9.74. The molecule has 2 aromatic heterocycles. The number of amidine groups is 1. The molecule has 3 heterocycles. The molecule has 1 aliphatic heterocycles. The number of nitrogens with one attached hydrogen (secondary N) is 4. The van der Waals surface area contributed by atoms with Crippen molar-refractivity contribution >= 4 is 23.7 Å². The Morgan fingerprint density at radius 1 is 1.00 bits per heavy atom. The van der Waals surface area contributed by atoms with Gasteiger partial charge < -0.3 is 19.8 Å². The molecule has 0 aliphatic carbocycles. The zero-order valence-corrected chi connectivity index (χ0v) is 18.7. The molecule has 1 aromatic carbocycles. The van der Waals surface area contributed by atoms with Gasteiger partial charge in [-0.15, -0.1) is 0 Å². The molecule has 4 rings (SSSR count). The third kappa shape index (κ3) is 5.50. The monoisotopic (exact) mass is 446 g/mol. The van der Waals surface area contributed by atoms with Gasteiger partial charge in [-0.1, -0.05) is 0 Å². The molecular weight excluding hydrogens is 419 g/mol. The summed E-state index contributed by atoms with van der Waals surface area (Å²) in [5.41, 5.74) is 2.90. The van der Waals surface area contributed by atoms with Crippen molar-refractivity contribution in [3.63, 3.8) is 0 Å². The second-order valence-electron chi connectivity index (χ2n) is 8.06. The van der Waals surface area contributed by atoms with Gasteiger partial charge in [0.2, 0.25) is 0 Å². The number of H-pyrrole nitrogens is 2. The van der Waals surface area contributed by atoms with Gasteiger partial charge in [0, 0.05) is 43.6 Å². The third-order valence-corrected chi connectivity index (χ3v) is 5.48. The van der Waals surface area contributed by atoms with Crippen LogP contribution in [-0.2, 0) is 0 Å². The Morgan fingerprint density at radius 3 is 2.36 bits per heavy atom. The quantitative estimate of drug-likeness (QED) is 0.343. The predicted octanol–water partition coefficient (Wildman–Crippen LogP) is 3.57. The number of halogens is 1. The van der Waals surface area contributed by atoms with E-state index in [1.54, 1.807) is 42.6 Å². The minimum atomic E-state index is -0.334. The maximum Gasteiger partial charge on any atom is 0.131 e. The number of likely N-dealkylation sites (N-methyl/N-ethyl adjacent to an activating group) is 1. The summed E-state index contributed by atoms with van der Waals surface area (Å²) in [5.74, 6) is 1.27. The van der Waals surface area contributed by atoms with E-state index < -0.39 is 0 Å². The summed E-state index contributed by atoms with van der Waals surface area (Å²) in [5, 5.41) is 16.9.